The van der Waals surface area contributed by atoms with Gasteiger partial charge in [0.2, 0.25) is 0 Å². The standard InChI is InChI=1S/C21H24N2O.C2HF3O2/c1-21(17-11-6-3-7-12-17)20(16-9-4-2-5-10-16)22-19(23-21)15-24-18-13-8-14-18;3-2(4,5)1(6)7/h2-7,9-12,18,20H,8,13-15H2,1H3,(H,22,23);(H,6,7)/t20-,21+;/m1./s1. The van der Waals surface area contributed by atoms with Crippen LogP contribution in [0.25, 0.3) is 0 Å². The fraction of sp³-hybridized carbons (Fsp3) is 0.391. The molecule has 0 bridgehead atoms. The van der Waals surface area contributed by atoms with Crippen LogP contribution in [0.1, 0.15) is 43.4 Å². The Bertz CT molecular complexity index is 899. The van der Waals surface area contributed by atoms with Crippen molar-refractivity contribution in [3.05, 3.63) is 71.8 Å². The van der Waals surface area contributed by atoms with Gasteiger partial charge in [-0.05, 0) is 37.3 Å². The number of carboxylic acid groups (broad SMARTS) is 1. The fourth-order valence-electron chi connectivity index (χ4n) is 3.55. The van der Waals surface area contributed by atoms with E-state index in [2.05, 4.69) is 72.9 Å². The van der Waals surface area contributed by atoms with Crippen LogP contribution in [0.3, 0.4) is 0 Å². The predicted octanol–water partition coefficient (Wildman–Crippen LogP) is 4.85. The minimum Gasteiger partial charge on any atom is -0.475 e. The molecule has 2 N–H and O–H groups in total. The number of aliphatic carboxylic acids is 1. The lowest BCUT2D eigenvalue weighted by molar-refractivity contribution is -0.192. The number of nitrogens with zero attached hydrogens (tertiary/aromatic N) is 1. The van der Waals surface area contributed by atoms with Crippen molar-refractivity contribution in [2.75, 3.05) is 6.61 Å². The van der Waals surface area contributed by atoms with Gasteiger partial charge in [-0.15, -0.1) is 0 Å². The molecule has 5 nitrogen and oxygen atoms in total. The Morgan fingerprint density at radius 1 is 1.13 bits per heavy atom. The molecular formula is C23H25F3N2O3. The molecule has 0 aromatic heterocycles. The highest BCUT2D eigenvalue weighted by Gasteiger charge is 2.42. The summed E-state index contributed by atoms with van der Waals surface area (Å²) in [5.41, 5.74) is 2.23. The van der Waals surface area contributed by atoms with E-state index >= 15 is 0 Å². The van der Waals surface area contributed by atoms with E-state index < -0.39 is 12.1 Å². The van der Waals surface area contributed by atoms with Crippen LogP contribution in [0.2, 0.25) is 0 Å². The number of aliphatic imine (C=N–C) groups is 1. The number of nitrogens with one attached hydrogen (secondary N) is 1. The smallest absolute Gasteiger partial charge is 0.475 e. The number of carboxylic acids is 1. The summed E-state index contributed by atoms with van der Waals surface area (Å²) in [6.45, 7) is 2.82. The molecule has 0 radical (unpaired) electrons. The second-order valence-corrected chi connectivity index (χ2v) is 7.75. The first-order valence-corrected chi connectivity index (χ1v) is 10.1. The Hall–Kier alpha value is -2.87. The molecule has 31 heavy (non-hydrogen) atoms. The number of alkyl halides is 3. The van der Waals surface area contributed by atoms with Crippen molar-refractivity contribution < 1.29 is 27.8 Å². The summed E-state index contributed by atoms with van der Waals surface area (Å²) in [7, 11) is 0. The van der Waals surface area contributed by atoms with Crippen LogP contribution in [0.15, 0.2) is 65.7 Å². The van der Waals surface area contributed by atoms with Gasteiger partial charge < -0.3 is 15.2 Å². The molecule has 0 spiro atoms. The third-order valence-electron chi connectivity index (χ3n) is 5.48. The van der Waals surface area contributed by atoms with Gasteiger partial charge in [0.05, 0.1) is 11.6 Å². The van der Waals surface area contributed by atoms with Crippen LogP contribution in [0.4, 0.5) is 13.2 Å². The summed E-state index contributed by atoms with van der Waals surface area (Å²) in [5.74, 6) is -1.80. The Labute approximate surface area is 179 Å². The van der Waals surface area contributed by atoms with E-state index in [-0.39, 0.29) is 11.6 Å². The number of hydrogen-bond acceptors (Lipinski definition) is 4. The third kappa shape index (κ3) is 5.64. The van der Waals surface area contributed by atoms with E-state index in [1.165, 1.54) is 30.4 Å². The van der Waals surface area contributed by atoms with Gasteiger partial charge >= 0.3 is 12.1 Å². The second-order valence-electron chi connectivity index (χ2n) is 7.75. The van der Waals surface area contributed by atoms with Gasteiger partial charge in [-0.3, -0.25) is 4.99 Å². The number of rotatable bonds is 5. The van der Waals surface area contributed by atoms with Gasteiger partial charge in [-0.25, -0.2) is 4.79 Å². The molecule has 1 heterocycles. The lowest BCUT2D eigenvalue weighted by Gasteiger charge is -2.32. The topological polar surface area (TPSA) is 70.9 Å². The number of halogens is 3. The van der Waals surface area contributed by atoms with E-state index in [0.29, 0.717) is 12.7 Å². The van der Waals surface area contributed by atoms with E-state index in [1.807, 2.05) is 0 Å². The van der Waals surface area contributed by atoms with Crippen LogP contribution in [-0.2, 0) is 15.1 Å². The molecule has 2 atom stereocenters. The maximum Gasteiger partial charge on any atom is 0.490 e. The van der Waals surface area contributed by atoms with Gasteiger partial charge in [-0.1, -0.05) is 60.7 Å². The minimum absolute atomic E-state index is 0.0566. The quantitative estimate of drug-likeness (QED) is 0.706. The van der Waals surface area contributed by atoms with Crippen molar-refractivity contribution in [1.29, 1.82) is 0 Å². The third-order valence-corrected chi connectivity index (χ3v) is 5.48. The summed E-state index contributed by atoms with van der Waals surface area (Å²) < 4.78 is 37.7. The number of carbonyl (C=O) groups is 1. The molecule has 1 saturated carbocycles. The zero-order valence-electron chi connectivity index (χ0n) is 17.1. The zero-order valence-corrected chi connectivity index (χ0v) is 17.1. The predicted molar refractivity (Wildman–Crippen MR) is 111 cm³/mol. The summed E-state index contributed by atoms with van der Waals surface area (Å²) >= 11 is 0. The number of benzene rings is 2. The highest BCUT2D eigenvalue weighted by atomic mass is 19.4. The van der Waals surface area contributed by atoms with Crippen LogP contribution in [0.5, 0.6) is 0 Å². The van der Waals surface area contributed by atoms with Crippen molar-refractivity contribution in [2.24, 2.45) is 4.99 Å². The van der Waals surface area contributed by atoms with Crippen LogP contribution in [-0.4, -0.2) is 35.8 Å². The maximum absolute atomic E-state index is 10.6. The molecule has 166 valence electrons. The van der Waals surface area contributed by atoms with Gasteiger partial charge in [-0.2, -0.15) is 13.2 Å². The van der Waals surface area contributed by atoms with E-state index in [9.17, 15) is 13.2 Å². The SMILES string of the molecule is C[C@@]1(c2ccccc2)NC(COC2CCC2)=N[C@@H]1c1ccccc1.O=C(O)C(F)(F)F. The zero-order chi connectivity index (χ0) is 22.5. The monoisotopic (exact) mass is 434 g/mol. The van der Waals surface area contributed by atoms with E-state index in [4.69, 9.17) is 19.6 Å². The van der Waals surface area contributed by atoms with Crippen LogP contribution in [0, 0.1) is 0 Å². The molecule has 2 aliphatic rings. The molecule has 1 fully saturated rings. The molecule has 0 saturated heterocycles. The fourth-order valence-corrected chi connectivity index (χ4v) is 3.55. The van der Waals surface area contributed by atoms with Crippen LogP contribution < -0.4 is 5.32 Å². The van der Waals surface area contributed by atoms with Crippen molar-refractivity contribution in [1.82, 2.24) is 5.32 Å². The Morgan fingerprint density at radius 2 is 1.68 bits per heavy atom. The van der Waals surface area contributed by atoms with Crippen molar-refractivity contribution in [3.8, 4) is 0 Å². The summed E-state index contributed by atoms with van der Waals surface area (Å²) in [6.07, 6.45) is -0.997. The van der Waals surface area contributed by atoms with Gasteiger partial charge in [0, 0.05) is 0 Å². The van der Waals surface area contributed by atoms with Gasteiger partial charge in [0.25, 0.3) is 0 Å². The molecule has 0 amide bonds. The van der Waals surface area contributed by atoms with Crippen molar-refractivity contribution in [2.45, 2.75) is 50.0 Å². The van der Waals surface area contributed by atoms with Gasteiger partial charge in [0.1, 0.15) is 18.5 Å². The molecule has 1 aliphatic carbocycles. The normalized spacial score (nSPS) is 23.1. The summed E-state index contributed by atoms with van der Waals surface area (Å²) in [4.78, 5) is 13.9. The Kier molecular flexibility index (Phi) is 7.00. The van der Waals surface area contributed by atoms with Crippen molar-refractivity contribution in [3.63, 3.8) is 0 Å². The van der Waals surface area contributed by atoms with Crippen molar-refractivity contribution >= 4 is 11.8 Å². The lowest BCUT2D eigenvalue weighted by Crippen LogP contribution is -2.43. The molecule has 8 heteroatoms. The summed E-state index contributed by atoms with van der Waals surface area (Å²) in [5, 5.41) is 10.8. The maximum atomic E-state index is 10.6. The lowest BCUT2D eigenvalue weighted by atomic mass is 9.82. The minimum atomic E-state index is -5.08. The molecule has 4 rings (SSSR count). The molecule has 0 unspecified atom stereocenters. The number of hydrogen-bond donors (Lipinski definition) is 2. The van der Waals surface area contributed by atoms with Crippen LogP contribution >= 0.6 is 0 Å². The summed E-state index contributed by atoms with van der Waals surface area (Å²) in [6, 6.07) is 21.2. The second kappa shape index (κ2) is 9.51. The first-order chi connectivity index (χ1) is 14.7. The number of ether oxygens (including phenoxy) is 1. The first kappa shape index (κ1) is 22.8. The van der Waals surface area contributed by atoms with E-state index in [1.54, 1.807) is 0 Å². The highest BCUT2D eigenvalue weighted by Crippen LogP contribution is 2.41. The number of amidine groups is 1. The molecular weight excluding hydrogens is 409 g/mol. The Morgan fingerprint density at radius 3 is 2.16 bits per heavy atom. The largest absolute Gasteiger partial charge is 0.490 e. The highest BCUT2D eigenvalue weighted by molar-refractivity contribution is 5.87. The average molecular weight is 434 g/mol. The van der Waals surface area contributed by atoms with Gasteiger partial charge in [0.15, 0.2) is 0 Å². The molecule has 2 aromatic carbocycles. The van der Waals surface area contributed by atoms with E-state index in [0.717, 1.165) is 5.84 Å². The first-order valence-electron chi connectivity index (χ1n) is 10.1. The molecule has 2 aromatic rings. The molecule has 1 aliphatic heterocycles. The average Bonchev–Trinajstić information content (AvgIpc) is 3.06. The Balaban J connectivity index is 0.000000339.